The van der Waals surface area contributed by atoms with E-state index < -0.39 is 10.0 Å². The van der Waals surface area contributed by atoms with Crippen molar-refractivity contribution in [2.45, 2.75) is 52.0 Å². The minimum atomic E-state index is -3.33. The van der Waals surface area contributed by atoms with Crippen LogP contribution in [0.4, 0.5) is 0 Å². The zero-order valence-electron chi connectivity index (χ0n) is 11.3. The van der Waals surface area contributed by atoms with Crippen LogP contribution in [-0.4, -0.2) is 36.1 Å². The maximum absolute atomic E-state index is 12.3. The van der Waals surface area contributed by atoms with Crippen molar-refractivity contribution in [2.24, 2.45) is 11.7 Å². The van der Waals surface area contributed by atoms with Gasteiger partial charge in [0.2, 0.25) is 10.0 Å². The van der Waals surface area contributed by atoms with Crippen LogP contribution >= 0.6 is 12.2 Å². The smallest absolute Gasteiger partial charge is 0.220 e. The van der Waals surface area contributed by atoms with E-state index in [2.05, 4.69) is 13.8 Å². The summed E-state index contributed by atoms with van der Waals surface area (Å²) < 4.78 is 26.3. The van der Waals surface area contributed by atoms with E-state index in [1.165, 1.54) is 0 Å². The Balaban J connectivity index is 2.78. The second-order valence-electron chi connectivity index (χ2n) is 5.45. The molecule has 0 heterocycles. The van der Waals surface area contributed by atoms with Crippen LogP contribution in [0, 0.1) is 5.92 Å². The molecule has 18 heavy (non-hydrogen) atoms. The third kappa shape index (κ3) is 4.82. The van der Waals surface area contributed by atoms with E-state index in [9.17, 15) is 8.42 Å². The van der Waals surface area contributed by atoms with Gasteiger partial charge in [-0.25, -0.2) is 8.42 Å². The molecule has 0 amide bonds. The summed E-state index contributed by atoms with van der Waals surface area (Å²) >= 11 is 4.75. The number of rotatable bonds is 7. The fraction of sp³-hybridized carbons (Fsp3) is 0.917. The normalized spacial score (nSPS) is 17.8. The van der Waals surface area contributed by atoms with Crippen molar-refractivity contribution in [2.75, 3.05) is 12.3 Å². The molecule has 0 radical (unpaired) electrons. The summed E-state index contributed by atoms with van der Waals surface area (Å²) in [5, 5.41) is 0. The molecule has 0 aromatic rings. The van der Waals surface area contributed by atoms with Gasteiger partial charge in [-0.1, -0.05) is 38.9 Å². The Morgan fingerprint density at radius 2 is 1.94 bits per heavy atom. The molecule has 0 aromatic carbocycles. The molecule has 6 heteroatoms. The highest BCUT2D eigenvalue weighted by Crippen LogP contribution is 2.26. The highest BCUT2D eigenvalue weighted by Gasteiger charge is 2.32. The lowest BCUT2D eigenvalue weighted by molar-refractivity contribution is 0.306. The highest BCUT2D eigenvalue weighted by molar-refractivity contribution is 7.92. The minimum absolute atomic E-state index is 0.0579. The van der Waals surface area contributed by atoms with Gasteiger partial charge in [0.15, 0.2) is 0 Å². The van der Waals surface area contributed by atoms with E-state index in [0.717, 1.165) is 32.1 Å². The van der Waals surface area contributed by atoms with Crippen LogP contribution in [0.15, 0.2) is 0 Å². The lowest BCUT2D eigenvalue weighted by Crippen LogP contribution is -2.43. The lowest BCUT2D eigenvalue weighted by atomic mass is 10.1. The second kappa shape index (κ2) is 6.82. The van der Waals surface area contributed by atoms with Crippen LogP contribution in [0.5, 0.6) is 0 Å². The Bertz CT molecular complexity index is 374. The SMILES string of the molecule is CC(C)CCN(C1CCCC1)S(=O)(=O)CC(N)=S. The van der Waals surface area contributed by atoms with Crippen LogP contribution in [0.3, 0.4) is 0 Å². The standard InChI is InChI=1S/C12H24N2O2S2/c1-10(2)7-8-14(11-5-3-4-6-11)18(15,16)9-12(13)17/h10-11H,3-9H2,1-2H3,(H2,13,17). The molecular weight excluding hydrogens is 268 g/mol. The van der Waals surface area contributed by atoms with Gasteiger partial charge in [0.25, 0.3) is 0 Å². The second-order valence-corrected chi connectivity index (χ2v) is 7.90. The van der Waals surface area contributed by atoms with Gasteiger partial charge in [-0.15, -0.1) is 0 Å². The van der Waals surface area contributed by atoms with E-state index in [-0.39, 0.29) is 16.8 Å². The van der Waals surface area contributed by atoms with Gasteiger partial charge >= 0.3 is 0 Å². The number of thiocarbonyl (C=S) groups is 1. The number of sulfonamides is 1. The van der Waals surface area contributed by atoms with Crippen molar-refractivity contribution in [1.82, 2.24) is 4.31 Å². The van der Waals surface area contributed by atoms with Gasteiger partial charge in [0, 0.05) is 12.6 Å². The quantitative estimate of drug-likeness (QED) is 0.728. The number of nitrogens with zero attached hydrogens (tertiary/aromatic N) is 1. The third-order valence-electron chi connectivity index (χ3n) is 3.34. The molecular formula is C12H24N2O2S2. The molecule has 2 N–H and O–H groups in total. The highest BCUT2D eigenvalue weighted by atomic mass is 32.2. The van der Waals surface area contributed by atoms with Crippen LogP contribution in [0.2, 0.25) is 0 Å². The predicted molar refractivity (Wildman–Crippen MR) is 79.0 cm³/mol. The van der Waals surface area contributed by atoms with Gasteiger partial charge in [-0.3, -0.25) is 0 Å². The molecule has 106 valence electrons. The minimum Gasteiger partial charge on any atom is -0.392 e. The molecule has 0 bridgehead atoms. The Hall–Kier alpha value is -0.200. The lowest BCUT2D eigenvalue weighted by Gasteiger charge is -2.28. The molecule has 1 rings (SSSR count). The number of hydrogen-bond acceptors (Lipinski definition) is 3. The first-order chi connectivity index (χ1) is 8.33. The zero-order chi connectivity index (χ0) is 13.8. The number of nitrogens with two attached hydrogens (primary N) is 1. The predicted octanol–water partition coefficient (Wildman–Crippen LogP) is 1.89. The van der Waals surface area contributed by atoms with Gasteiger partial charge < -0.3 is 5.73 Å². The van der Waals surface area contributed by atoms with Crippen molar-refractivity contribution >= 4 is 27.2 Å². The van der Waals surface area contributed by atoms with Crippen molar-refractivity contribution in [3.05, 3.63) is 0 Å². The van der Waals surface area contributed by atoms with Crippen molar-refractivity contribution in [1.29, 1.82) is 0 Å². The molecule has 0 aromatic heterocycles. The van der Waals surface area contributed by atoms with Gasteiger partial charge in [0.1, 0.15) is 5.75 Å². The molecule has 1 aliphatic carbocycles. The molecule has 1 aliphatic rings. The fourth-order valence-electron chi connectivity index (χ4n) is 2.39. The van der Waals surface area contributed by atoms with E-state index in [1.54, 1.807) is 4.31 Å². The topological polar surface area (TPSA) is 63.4 Å². The molecule has 0 atom stereocenters. The van der Waals surface area contributed by atoms with Crippen molar-refractivity contribution in [3.8, 4) is 0 Å². The Labute approximate surface area is 116 Å². The Morgan fingerprint density at radius 3 is 2.39 bits per heavy atom. The first-order valence-electron chi connectivity index (χ1n) is 6.60. The van der Waals surface area contributed by atoms with E-state index in [0.29, 0.717) is 12.5 Å². The zero-order valence-corrected chi connectivity index (χ0v) is 12.9. The van der Waals surface area contributed by atoms with Crippen molar-refractivity contribution in [3.63, 3.8) is 0 Å². The average molecular weight is 292 g/mol. The van der Waals surface area contributed by atoms with Crippen LogP contribution < -0.4 is 5.73 Å². The van der Waals surface area contributed by atoms with E-state index in [4.69, 9.17) is 18.0 Å². The molecule has 0 unspecified atom stereocenters. The number of hydrogen-bond donors (Lipinski definition) is 1. The van der Waals surface area contributed by atoms with E-state index in [1.807, 2.05) is 0 Å². The monoisotopic (exact) mass is 292 g/mol. The van der Waals surface area contributed by atoms with Crippen LogP contribution in [-0.2, 0) is 10.0 Å². The first-order valence-corrected chi connectivity index (χ1v) is 8.62. The summed E-state index contributed by atoms with van der Waals surface area (Å²) in [6.07, 6.45) is 5.05. The molecule has 0 saturated heterocycles. The molecule has 0 aliphatic heterocycles. The van der Waals surface area contributed by atoms with Crippen LogP contribution in [0.1, 0.15) is 46.0 Å². The summed E-state index contributed by atoms with van der Waals surface area (Å²) in [5.41, 5.74) is 5.40. The first kappa shape index (κ1) is 15.9. The molecule has 0 spiro atoms. The average Bonchev–Trinajstić information content (AvgIpc) is 2.67. The van der Waals surface area contributed by atoms with Crippen molar-refractivity contribution < 1.29 is 8.42 Å². The van der Waals surface area contributed by atoms with Gasteiger partial charge in [-0.2, -0.15) is 4.31 Å². The maximum atomic E-state index is 12.3. The molecule has 1 saturated carbocycles. The largest absolute Gasteiger partial charge is 0.392 e. The van der Waals surface area contributed by atoms with Gasteiger partial charge in [0.05, 0.1) is 4.99 Å². The summed E-state index contributed by atoms with van der Waals surface area (Å²) in [5.74, 6) is 0.297. The summed E-state index contributed by atoms with van der Waals surface area (Å²) in [4.78, 5) is 0.0579. The summed E-state index contributed by atoms with van der Waals surface area (Å²) in [6.45, 7) is 4.80. The van der Waals surface area contributed by atoms with E-state index >= 15 is 0 Å². The molecule has 4 nitrogen and oxygen atoms in total. The maximum Gasteiger partial charge on any atom is 0.220 e. The Kier molecular flexibility index (Phi) is 6.01. The summed E-state index contributed by atoms with van der Waals surface area (Å²) in [6, 6.07) is 0.156. The molecule has 1 fully saturated rings. The van der Waals surface area contributed by atoms with Gasteiger partial charge in [-0.05, 0) is 25.2 Å². The third-order valence-corrected chi connectivity index (χ3v) is 5.54. The fourth-order valence-corrected chi connectivity index (χ4v) is 4.41. The Morgan fingerprint density at radius 1 is 1.39 bits per heavy atom. The summed E-state index contributed by atoms with van der Waals surface area (Å²) in [7, 11) is -3.33. The van der Waals surface area contributed by atoms with Crippen LogP contribution in [0.25, 0.3) is 0 Å².